The van der Waals surface area contributed by atoms with E-state index in [1.54, 1.807) is 22.6 Å². The van der Waals surface area contributed by atoms with Crippen molar-refractivity contribution in [3.8, 4) is 0 Å². The third-order valence-electron chi connectivity index (χ3n) is 0.800. The monoisotopic (exact) mass is 241 g/mol. The summed E-state index contributed by atoms with van der Waals surface area (Å²) in [6.07, 6.45) is 1.22. The molecule has 0 atom stereocenters. The van der Waals surface area contributed by atoms with Crippen molar-refractivity contribution < 1.29 is 8.78 Å². The fourth-order valence-electron chi connectivity index (χ4n) is 0.397. The first-order valence-electron chi connectivity index (χ1n) is 2.17. The summed E-state index contributed by atoms with van der Waals surface area (Å²) in [5.74, 6) is -1.92. The van der Waals surface area contributed by atoms with Crippen LogP contribution in [0.2, 0.25) is 0 Å². The van der Waals surface area contributed by atoms with Crippen LogP contribution in [0.25, 0.3) is 0 Å². The highest BCUT2D eigenvalue weighted by Gasteiger charge is 2.03. The Labute approximate surface area is 64.2 Å². The quantitative estimate of drug-likeness (QED) is 0.499. The fourth-order valence-corrected chi connectivity index (χ4v) is 0.780. The van der Waals surface area contributed by atoms with Crippen LogP contribution in [-0.4, -0.2) is 4.98 Å². The second-order valence-electron chi connectivity index (χ2n) is 1.40. The maximum absolute atomic E-state index is 12.3. The van der Waals surface area contributed by atoms with E-state index in [4.69, 9.17) is 0 Å². The topological polar surface area (TPSA) is 12.9 Å². The van der Waals surface area contributed by atoms with Crippen molar-refractivity contribution in [2.75, 3.05) is 0 Å². The minimum atomic E-state index is -1.04. The maximum atomic E-state index is 12.3. The summed E-state index contributed by atoms with van der Waals surface area (Å²) in [5, 5.41) is 0. The number of hydrogen-bond acceptors (Lipinski definition) is 1. The van der Waals surface area contributed by atoms with Gasteiger partial charge in [0, 0.05) is 6.20 Å². The van der Waals surface area contributed by atoms with Crippen LogP contribution < -0.4 is 0 Å². The predicted octanol–water partition coefficient (Wildman–Crippen LogP) is 1.96. The molecule has 0 aromatic carbocycles. The van der Waals surface area contributed by atoms with Crippen molar-refractivity contribution in [2.45, 2.75) is 0 Å². The second-order valence-corrected chi connectivity index (χ2v) is 2.56. The van der Waals surface area contributed by atoms with E-state index in [0.29, 0.717) is 0 Å². The molecule has 0 aliphatic rings. The summed E-state index contributed by atoms with van der Waals surface area (Å²) in [7, 11) is 0. The lowest BCUT2D eigenvalue weighted by Gasteiger charge is -1.90. The van der Waals surface area contributed by atoms with Crippen molar-refractivity contribution in [3.63, 3.8) is 0 Å². The molecule has 1 aromatic heterocycles. The largest absolute Gasteiger partial charge is 0.249 e. The van der Waals surface area contributed by atoms with E-state index in [9.17, 15) is 8.78 Å². The van der Waals surface area contributed by atoms with E-state index in [0.717, 1.165) is 0 Å². The smallest absolute Gasteiger partial charge is 0.226 e. The number of nitrogens with zero attached hydrogens (tertiary/aromatic N) is 1. The minimum absolute atomic E-state index is 0.250. The molecule has 9 heavy (non-hydrogen) atoms. The van der Waals surface area contributed by atoms with Gasteiger partial charge in [0.15, 0.2) is 5.82 Å². The van der Waals surface area contributed by atoms with E-state index >= 15 is 0 Å². The summed E-state index contributed by atoms with van der Waals surface area (Å²) in [5.41, 5.74) is 0. The number of pyridine rings is 1. The van der Waals surface area contributed by atoms with Crippen molar-refractivity contribution >= 4 is 22.6 Å². The van der Waals surface area contributed by atoms with E-state index in [-0.39, 0.29) is 3.57 Å². The first-order chi connectivity index (χ1) is 4.22. The zero-order valence-electron chi connectivity index (χ0n) is 4.24. The van der Waals surface area contributed by atoms with Gasteiger partial charge in [0.2, 0.25) is 5.95 Å². The minimum Gasteiger partial charge on any atom is -0.226 e. The highest BCUT2D eigenvalue weighted by molar-refractivity contribution is 14.1. The van der Waals surface area contributed by atoms with Crippen molar-refractivity contribution in [2.24, 2.45) is 0 Å². The molecule has 4 heteroatoms. The SMILES string of the molecule is Fc1nccc(I)c1F. The zero-order valence-corrected chi connectivity index (χ0v) is 6.39. The lowest BCUT2D eigenvalue weighted by atomic mass is 10.5. The molecular formula is C5H2F2IN. The highest BCUT2D eigenvalue weighted by atomic mass is 127. The lowest BCUT2D eigenvalue weighted by Crippen LogP contribution is -1.90. The van der Waals surface area contributed by atoms with Crippen molar-refractivity contribution in [3.05, 3.63) is 27.6 Å². The van der Waals surface area contributed by atoms with E-state index in [2.05, 4.69) is 4.98 Å². The van der Waals surface area contributed by atoms with Gasteiger partial charge in [0.1, 0.15) is 0 Å². The Morgan fingerprint density at radius 1 is 1.44 bits per heavy atom. The van der Waals surface area contributed by atoms with Crippen molar-refractivity contribution in [1.82, 2.24) is 4.98 Å². The third kappa shape index (κ3) is 1.35. The van der Waals surface area contributed by atoms with Crippen molar-refractivity contribution in [1.29, 1.82) is 0 Å². The van der Waals surface area contributed by atoms with Crippen LogP contribution in [0.15, 0.2) is 12.3 Å². The molecule has 0 aliphatic heterocycles. The summed E-state index contributed by atoms with van der Waals surface area (Å²) in [6.45, 7) is 0. The molecule has 0 bridgehead atoms. The van der Waals surface area contributed by atoms with Crippen LogP contribution in [0.3, 0.4) is 0 Å². The molecule has 0 radical (unpaired) electrons. The molecule has 48 valence electrons. The van der Waals surface area contributed by atoms with Crippen LogP contribution in [-0.2, 0) is 0 Å². The molecule has 0 saturated heterocycles. The number of aromatic nitrogens is 1. The average molecular weight is 241 g/mol. The Hall–Kier alpha value is -0.260. The Balaban J connectivity index is 3.25. The molecule has 0 amide bonds. The van der Waals surface area contributed by atoms with E-state index in [1.807, 2.05) is 0 Å². The summed E-state index contributed by atoms with van der Waals surface area (Å²) in [4.78, 5) is 3.09. The molecule has 0 aliphatic carbocycles. The standard InChI is InChI=1S/C5H2F2IN/c6-4-3(8)1-2-9-5(4)7/h1-2H. The van der Waals surface area contributed by atoms with Gasteiger partial charge in [-0.05, 0) is 28.7 Å². The van der Waals surface area contributed by atoms with Gasteiger partial charge in [-0.1, -0.05) is 0 Å². The lowest BCUT2D eigenvalue weighted by molar-refractivity contribution is 0.474. The third-order valence-corrected chi connectivity index (χ3v) is 1.63. The zero-order chi connectivity index (χ0) is 6.85. The molecule has 1 heterocycles. The first kappa shape index (κ1) is 6.85. The molecule has 1 nitrogen and oxygen atoms in total. The van der Waals surface area contributed by atoms with Crippen LogP contribution in [0, 0.1) is 15.3 Å². The van der Waals surface area contributed by atoms with Crippen LogP contribution in [0.1, 0.15) is 0 Å². The van der Waals surface area contributed by atoms with Crippen LogP contribution in [0.4, 0.5) is 8.78 Å². The Morgan fingerprint density at radius 3 is 2.56 bits per heavy atom. The van der Waals surface area contributed by atoms with Gasteiger partial charge in [-0.3, -0.25) is 0 Å². The van der Waals surface area contributed by atoms with E-state index < -0.39 is 11.8 Å². The van der Waals surface area contributed by atoms with Gasteiger partial charge >= 0.3 is 0 Å². The number of hydrogen-bond donors (Lipinski definition) is 0. The summed E-state index contributed by atoms with van der Waals surface area (Å²) in [6, 6.07) is 1.40. The normalized spacial score (nSPS) is 9.67. The number of rotatable bonds is 0. The Kier molecular flexibility index (Phi) is 1.94. The second kappa shape index (κ2) is 2.55. The molecule has 0 fully saturated rings. The molecule has 0 unspecified atom stereocenters. The molecular weight excluding hydrogens is 239 g/mol. The average Bonchev–Trinajstić information content (AvgIpc) is 1.83. The van der Waals surface area contributed by atoms with Gasteiger partial charge in [0.05, 0.1) is 3.57 Å². The van der Waals surface area contributed by atoms with Crippen LogP contribution in [0.5, 0.6) is 0 Å². The first-order valence-corrected chi connectivity index (χ1v) is 3.25. The molecule has 0 N–H and O–H groups in total. The molecule has 0 spiro atoms. The summed E-state index contributed by atoms with van der Waals surface area (Å²) >= 11 is 1.69. The van der Waals surface area contributed by atoms with Gasteiger partial charge in [-0.15, -0.1) is 0 Å². The molecule has 0 saturated carbocycles. The van der Waals surface area contributed by atoms with Crippen LogP contribution >= 0.6 is 22.6 Å². The molecule has 1 aromatic rings. The maximum Gasteiger partial charge on any atom is 0.249 e. The summed E-state index contributed by atoms with van der Waals surface area (Å²) < 4.78 is 24.6. The molecule has 1 rings (SSSR count). The fraction of sp³-hybridized carbons (Fsp3) is 0. The van der Waals surface area contributed by atoms with Gasteiger partial charge < -0.3 is 0 Å². The predicted molar refractivity (Wildman–Crippen MR) is 36.9 cm³/mol. The highest BCUT2D eigenvalue weighted by Crippen LogP contribution is 2.10. The van der Waals surface area contributed by atoms with Gasteiger partial charge in [0.25, 0.3) is 0 Å². The van der Waals surface area contributed by atoms with E-state index in [1.165, 1.54) is 12.3 Å². The van der Waals surface area contributed by atoms with Gasteiger partial charge in [-0.25, -0.2) is 9.37 Å². The van der Waals surface area contributed by atoms with Gasteiger partial charge in [-0.2, -0.15) is 4.39 Å². The Morgan fingerprint density at radius 2 is 2.11 bits per heavy atom. The Bertz CT molecular complexity index is 206. The number of halogens is 3.